The fourth-order valence-corrected chi connectivity index (χ4v) is 2.29. The van der Waals surface area contributed by atoms with E-state index in [1.165, 1.54) is 0 Å². The lowest BCUT2D eigenvalue weighted by Crippen LogP contribution is -2.33. The maximum Gasteiger partial charge on any atom is 0.288 e. The number of nitro benzene ring substituents is 1. The van der Waals surface area contributed by atoms with Crippen LogP contribution in [0.15, 0.2) is 18.2 Å². The van der Waals surface area contributed by atoms with Crippen molar-refractivity contribution in [1.82, 2.24) is 4.90 Å². The zero-order valence-electron chi connectivity index (χ0n) is 12.4. The Balaban J connectivity index is 2.87. The van der Waals surface area contributed by atoms with Gasteiger partial charge in [0.15, 0.2) is 0 Å². The van der Waals surface area contributed by atoms with Crippen LogP contribution in [0.3, 0.4) is 0 Å². The molecule has 1 aromatic carbocycles. The summed E-state index contributed by atoms with van der Waals surface area (Å²) in [4.78, 5) is 12.9. The second kappa shape index (κ2) is 8.22. The smallest absolute Gasteiger partial charge is 0.288 e. The van der Waals surface area contributed by atoms with Crippen molar-refractivity contribution in [2.75, 3.05) is 6.54 Å². The third kappa shape index (κ3) is 4.76. The van der Waals surface area contributed by atoms with Gasteiger partial charge in [0.25, 0.3) is 5.69 Å². The molecule has 0 amide bonds. The SMILES string of the molecule is CCCCN(Cc1ccc(Cl)c([N+](=O)[O-])c1)C(C)CC. The monoisotopic (exact) mass is 298 g/mol. The van der Waals surface area contributed by atoms with Crippen LogP contribution in [-0.2, 0) is 6.54 Å². The Morgan fingerprint density at radius 2 is 2.10 bits per heavy atom. The number of hydrogen-bond donors (Lipinski definition) is 0. The Morgan fingerprint density at radius 3 is 2.65 bits per heavy atom. The summed E-state index contributed by atoms with van der Waals surface area (Å²) in [6.45, 7) is 8.27. The van der Waals surface area contributed by atoms with E-state index in [0.29, 0.717) is 6.04 Å². The summed E-state index contributed by atoms with van der Waals surface area (Å²) < 4.78 is 0. The highest BCUT2D eigenvalue weighted by atomic mass is 35.5. The molecule has 0 saturated carbocycles. The summed E-state index contributed by atoms with van der Waals surface area (Å²) in [5.41, 5.74) is 0.932. The third-order valence-electron chi connectivity index (χ3n) is 3.61. The Hall–Kier alpha value is -1.13. The number of halogens is 1. The first kappa shape index (κ1) is 16.9. The molecule has 1 atom stereocenters. The summed E-state index contributed by atoms with van der Waals surface area (Å²) in [5.74, 6) is 0. The quantitative estimate of drug-likeness (QED) is 0.518. The maximum atomic E-state index is 10.9. The van der Waals surface area contributed by atoms with Gasteiger partial charge in [0.1, 0.15) is 5.02 Å². The molecule has 1 unspecified atom stereocenters. The molecule has 0 fully saturated rings. The number of nitrogens with zero attached hydrogens (tertiary/aromatic N) is 2. The molecule has 0 aliphatic carbocycles. The van der Waals surface area contributed by atoms with Gasteiger partial charge in [-0.25, -0.2) is 0 Å². The van der Waals surface area contributed by atoms with Crippen molar-refractivity contribution in [2.45, 2.75) is 52.6 Å². The fourth-order valence-electron chi connectivity index (χ4n) is 2.11. The molecular weight excluding hydrogens is 276 g/mol. The first-order valence-electron chi connectivity index (χ1n) is 7.16. The van der Waals surface area contributed by atoms with Crippen molar-refractivity contribution in [3.63, 3.8) is 0 Å². The van der Waals surface area contributed by atoms with Gasteiger partial charge in [0, 0.05) is 18.7 Å². The predicted molar refractivity (Wildman–Crippen MR) is 83.2 cm³/mol. The minimum atomic E-state index is -0.425. The van der Waals surface area contributed by atoms with Crippen LogP contribution < -0.4 is 0 Å². The minimum absolute atomic E-state index is 0.0104. The molecule has 0 bridgehead atoms. The standard InChI is InChI=1S/C15H23ClN2O2/c1-4-6-9-17(12(3)5-2)11-13-7-8-14(16)15(10-13)18(19)20/h7-8,10,12H,4-6,9,11H2,1-3H3. The zero-order chi connectivity index (χ0) is 15.1. The first-order chi connectivity index (χ1) is 9.49. The molecule has 0 aromatic heterocycles. The molecule has 0 radical (unpaired) electrons. The number of benzene rings is 1. The van der Waals surface area contributed by atoms with Gasteiger partial charge in [-0.3, -0.25) is 15.0 Å². The summed E-state index contributed by atoms with van der Waals surface area (Å²) in [5, 5.41) is 11.1. The van der Waals surface area contributed by atoms with Crippen molar-refractivity contribution in [2.24, 2.45) is 0 Å². The van der Waals surface area contributed by atoms with E-state index in [9.17, 15) is 10.1 Å². The predicted octanol–water partition coefficient (Wildman–Crippen LogP) is 4.65. The van der Waals surface area contributed by atoms with E-state index in [1.807, 2.05) is 6.07 Å². The van der Waals surface area contributed by atoms with E-state index >= 15 is 0 Å². The van der Waals surface area contributed by atoms with Crippen LogP contribution in [0.4, 0.5) is 5.69 Å². The Bertz CT molecular complexity index is 451. The zero-order valence-corrected chi connectivity index (χ0v) is 13.2. The Labute approximate surface area is 125 Å². The molecule has 0 N–H and O–H groups in total. The normalized spacial score (nSPS) is 12.7. The third-order valence-corrected chi connectivity index (χ3v) is 3.93. The van der Waals surface area contributed by atoms with Crippen molar-refractivity contribution in [1.29, 1.82) is 0 Å². The van der Waals surface area contributed by atoms with Crippen LogP contribution >= 0.6 is 11.6 Å². The average Bonchev–Trinajstić information content (AvgIpc) is 2.43. The molecule has 20 heavy (non-hydrogen) atoms. The molecule has 0 aliphatic heterocycles. The van der Waals surface area contributed by atoms with E-state index in [4.69, 9.17) is 11.6 Å². The van der Waals surface area contributed by atoms with E-state index < -0.39 is 4.92 Å². The average molecular weight is 299 g/mol. The minimum Gasteiger partial charge on any atom is -0.296 e. The van der Waals surface area contributed by atoms with Gasteiger partial charge in [-0.2, -0.15) is 0 Å². The summed E-state index contributed by atoms with van der Waals surface area (Å²) in [7, 11) is 0. The molecule has 112 valence electrons. The lowest BCUT2D eigenvalue weighted by Gasteiger charge is -2.28. The van der Waals surface area contributed by atoms with Gasteiger partial charge in [-0.15, -0.1) is 0 Å². The molecule has 5 heteroatoms. The van der Waals surface area contributed by atoms with E-state index in [2.05, 4.69) is 25.7 Å². The molecule has 4 nitrogen and oxygen atoms in total. The van der Waals surface area contributed by atoms with Gasteiger partial charge in [0.2, 0.25) is 0 Å². The van der Waals surface area contributed by atoms with Gasteiger partial charge < -0.3 is 0 Å². The number of hydrogen-bond acceptors (Lipinski definition) is 3. The lowest BCUT2D eigenvalue weighted by molar-refractivity contribution is -0.384. The van der Waals surface area contributed by atoms with Crippen molar-refractivity contribution < 1.29 is 4.92 Å². The van der Waals surface area contributed by atoms with Gasteiger partial charge in [-0.1, -0.05) is 37.9 Å². The summed E-state index contributed by atoms with van der Waals surface area (Å²) in [6.07, 6.45) is 3.35. The molecule has 0 heterocycles. The summed E-state index contributed by atoms with van der Waals surface area (Å²) >= 11 is 5.85. The van der Waals surface area contributed by atoms with Gasteiger partial charge in [0.05, 0.1) is 4.92 Å². The van der Waals surface area contributed by atoms with Crippen molar-refractivity contribution in [3.8, 4) is 0 Å². The number of unbranched alkanes of at least 4 members (excludes halogenated alkanes) is 1. The van der Waals surface area contributed by atoms with Crippen LogP contribution in [0.25, 0.3) is 0 Å². The van der Waals surface area contributed by atoms with Crippen LogP contribution in [0.2, 0.25) is 5.02 Å². The Kier molecular flexibility index (Phi) is 6.96. The highest BCUT2D eigenvalue weighted by Crippen LogP contribution is 2.26. The van der Waals surface area contributed by atoms with E-state index in [1.54, 1.807) is 12.1 Å². The lowest BCUT2D eigenvalue weighted by atomic mass is 10.1. The summed E-state index contributed by atoms with van der Waals surface area (Å²) in [6, 6.07) is 5.54. The second-order valence-corrected chi connectivity index (χ2v) is 5.53. The van der Waals surface area contributed by atoms with Crippen LogP contribution in [0, 0.1) is 10.1 Å². The molecule has 1 aromatic rings. The van der Waals surface area contributed by atoms with Crippen LogP contribution in [0.1, 0.15) is 45.6 Å². The topological polar surface area (TPSA) is 46.4 Å². The largest absolute Gasteiger partial charge is 0.296 e. The first-order valence-corrected chi connectivity index (χ1v) is 7.54. The fraction of sp³-hybridized carbons (Fsp3) is 0.600. The molecule has 0 aliphatic rings. The molecule has 0 saturated heterocycles. The second-order valence-electron chi connectivity index (χ2n) is 5.12. The molecule has 1 rings (SSSR count). The highest BCUT2D eigenvalue weighted by molar-refractivity contribution is 6.32. The van der Waals surface area contributed by atoms with Gasteiger partial charge in [-0.05, 0) is 37.9 Å². The number of rotatable bonds is 8. The maximum absolute atomic E-state index is 10.9. The van der Waals surface area contributed by atoms with Crippen LogP contribution in [0.5, 0.6) is 0 Å². The van der Waals surface area contributed by atoms with Crippen molar-refractivity contribution in [3.05, 3.63) is 38.9 Å². The van der Waals surface area contributed by atoms with Crippen LogP contribution in [-0.4, -0.2) is 22.4 Å². The van der Waals surface area contributed by atoms with E-state index in [0.717, 1.165) is 37.9 Å². The molecule has 0 spiro atoms. The highest BCUT2D eigenvalue weighted by Gasteiger charge is 2.16. The van der Waals surface area contributed by atoms with E-state index in [-0.39, 0.29) is 10.7 Å². The Morgan fingerprint density at radius 1 is 1.40 bits per heavy atom. The van der Waals surface area contributed by atoms with Crippen molar-refractivity contribution >= 4 is 17.3 Å². The van der Waals surface area contributed by atoms with Gasteiger partial charge >= 0.3 is 0 Å². The molecular formula is C15H23ClN2O2. The number of nitro groups is 1.